The normalized spacial score (nSPS) is 10.3. The van der Waals surface area contributed by atoms with Gasteiger partial charge in [-0.25, -0.2) is 0 Å². The highest BCUT2D eigenvalue weighted by atomic mass is 16.5. The highest BCUT2D eigenvalue weighted by Gasteiger charge is 2.16. The van der Waals surface area contributed by atoms with Crippen molar-refractivity contribution in [3.63, 3.8) is 0 Å². The van der Waals surface area contributed by atoms with Crippen LogP contribution in [0.5, 0.6) is 0 Å². The van der Waals surface area contributed by atoms with Crippen LogP contribution in [0.3, 0.4) is 0 Å². The summed E-state index contributed by atoms with van der Waals surface area (Å²) in [6, 6.07) is 0. The second-order valence-electron chi connectivity index (χ2n) is 3.94. The van der Waals surface area contributed by atoms with Crippen molar-refractivity contribution in [1.29, 1.82) is 0 Å². The van der Waals surface area contributed by atoms with Crippen molar-refractivity contribution in [2.75, 3.05) is 6.61 Å². The van der Waals surface area contributed by atoms with Crippen molar-refractivity contribution in [3.05, 3.63) is 17.5 Å². The Hall–Kier alpha value is -1.85. The van der Waals surface area contributed by atoms with E-state index in [0.717, 1.165) is 12.8 Å². The topological polar surface area (TPSA) is 87.2 Å². The highest BCUT2D eigenvalue weighted by Crippen LogP contribution is 2.12. The van der Waals surface area contributed by atoms with Gasteiger partial charge in [0.25, 0.3) is 5.91 Å². The van der Waals surface area contributed by atoms with E-state index in [1.807, 2.05) is 0 Å². The van der Waals surface area contributed by atoms with Crippen molar-refractivity contribution in [2.24, 2.45) is 5.73 Å². The zero-order valence-corrected chi connectivity index (χ0v) is 10.8. The first-order valence-electron chi connectivity index (χ1n) is 6.10. The molecule has 0 saturated heterocycles. The van der Waals surface area contributed by atoms with E-state index in [9.17, 15) is 9.59 Å². The third-order valence-corrected chi connectivity index (χ3v) is 2.57. The van der Waals surface area contributed by atoms with Crippen LogP contribution < -0.4 is 5.73 Å². The Morgan fingerprint density at radius 3 is 2.72 bits per heavy atom. The van der Waals surface area contributed by atoms with E-state index in [4.69, 9.17) is 10.5 Å². The number of esters is 1. The lowest BCUT2D eigenvalue weighted by Gasteiger charge is -2.07. The minimum Gasteiger partial charge on any atom is -0.465 e. The predicted octanol–water partition coefficient (Wildman–Crippen LogP) is 0.888. The van der Waals surface area contributed by atoms with E-state index in [2.05, 4.69) is 12.0 Å². The number of nitrogens with two attached hydrogens (primary N) is 1. The monoisotopic (exact) mass is 253 g/mol. The molecule has 0 fully saturated rings. The molecule has 0 aliphatic rings. The summed E-state index contributed by atoms with van der Waals surface area (Å²) in [7, 11) is 0. The van der Waals surface area contributed by atoms with E-state index in [1.165, 1.54) is 10.9 Å². The van der Waals surface area contributed by atoms with Crippen LogP contribution in [0.2, 0.25) is 0 Å². The van der Waals surface area contributed by atoms with Crippen LogP contribution in [0.4, 0.5) is 0 Å². The minimum absolute atomic E-state index is 0.0141. The first-order valence-corrected chi connectivity index (χ1v) is 6.10. The van der Waals surface area contributed by atoms with E-state index in [1.54, 1.807) is 6.92 Å². The third kappa shape index (κ3) is 3.58. The second-order valence-corrected chi connectivity index (χ2v) is 3.94. The van der Waals surface area contributed by atoms with Crippen LogP contribution in [0.25, 0.3) is 0 Å². The Balaban J connectivity index is 2.89. The molecule has 0 saturated carbocycles. The third-order valence-electron chi connectivity index (χ3n) is 2.57. The van der Waals surface area contributed by atoms with Gasteiger partial charge in [-0.05, 0) is 19.8 Å². The second kappa shape index (κ2) is 6.78. The maximum absolute atomic E-state index is 11.4. The van der Waals surface area contributed by atoms with Gasteiger partial charge in [-0.2, -0.15) is 5.10 Å². The fourth-order valence-corrected chi connectivity index (χ4v) is 1.69. The molecule has 1 rings (SSSR count). The van der Waals surface area contributed by atoms with Gasteiger partial charge in [-0.3, -0.25) is 14.3 Å². The number of hydrogen-bond acceptors (Lipinski definition) is 4. The quantitative estimate of drug-likeness (QED) is 0.731. The number of nitrogens with zero attached hydrogens (tertiary/aromatic N) is 2. The molecule has 18 heavy (non-hydrogen) atoms. The molecule has 0 aliphatic carbocycles. The molecule has 1 aromatic rings. The van der Waals surface area contributed by atoms with E-state index in [-0.39, 0.29) is 12.5 Å². The Labute approximate surface area is 106 Å². The van der Waals surface area contributed by atoms with Crippen LogP contribution in [0, 0.1) is 0 Å². The van der Waals surface area contributed by atoms with E-state index >= 15 is 0 Å². The number of unbranched alkanes of at least 4 members (excludes halogenated alkanes) is 1. The van der Waals surface area contributed by atoms with Crippen LogP contribution in [-0.4, -0.2) is 28.3 Å². The van der Waals surface area contributed by atoms with Crippen LogP contribution in [-0.2, 0) is 22.5 Å². The van der Waals surface area contributed by atoms with Gasteiger partial charge in [0.05, 0.1) is 24.1 Å². The molecule has 100 valence electrons. The van der Waals surface area contributed by atoms with E-state index in [0.29, 0.717) is 24.3 Å². The molecule has 6 heteroatoms. The zero-order valence-electron chi connectivity index (χ0n) is 10.8. The van der Waals surface area contributed by atoms with Gasteiger partial charge in [0.15, 0.2) is 0 Å². The van der Waals surface area contributed by atoms with Gasteiger partial charge < -0.3 is 10.5 Å². The summed E-state index contributed by atoms with van der Waals surface area (Å²) in [5, 5.41) is 4.03. The van der Waals surface area contributed by atoms with Gasteiger partial charge >= 0.3 is 5.97 Å². The average molecular weight is 253 g/mol. The van der Waals surface area contributed by atoms with Crippen molar-refractivity contribution in [3.8, 4) is 0 Å². The molecule has 6 nitrogen and oxygen atoms in total. The summed E-state index contributed by atoms with van der Waals surface area (Å²) in [4.78, 5) is 22.7. The van der Waals surface area contributed by atoms with E-state index < -0.39 is 5.91 Å². The molecule has 0 radical (unpaired) electrons. The number of rotatable bonds is 7. The molecular weight excluding hydrogens is 234 g/mol. The van der Waals surface area contributed by atoms with Crippen LogP contribution in [0.15, 0.2) is 6.20 Å². The summed E-state index contributed by atoms with van der Waals surface area (Å²) >= 11 is 0. The summed E-state index contributed by atoms with van der Waals surface area (Å²) in [5.74, 6) is -0.884. The number of amides is 1. The van der Waals surface area contributed by atoms with Gasteiger partial charge in [0.2, 0.25) is 0 Å². The molecule has 1 amide bonds. The molecule has 0 atom stereocenters. The number of carbonyl (C=O) groups excluding carboxylic acids is 2. The lowest BCUT2D eigenvalue weighted by Crippen LogP contribution is -2.19. The lowest BCUT2D eigenvalue weighted by molar-refractivity contribution is -0.144. The number of hydrogen-bond donors (Lipinski definition) is 1. The van der Waals surface area contributed by atoms with Crippen molar-refractivity contribution >= 4 is 11.9 Å². The molecule has 1 aromatic heterocycles. The van der Waals surface area contributed by atoms with Gasteiger partial charge in [0.1, 0.15) is 6.54 Å². The molecule has 0 unspecified atom stereocenters. The van der Waals surface area contributed by atoms with Crippen molar-refractivity contribution in [1.82, 2.24) is 9.78 Å². The Bertz CT molecular complexity index is 426. The summed E-state index contributed by atoms with van der Waals surface area (Å²) in [6.45, 7) is 4.14. The molecule has 2 N–H and O–H groups in total. The standard InChI is InChI=1S/C12H19N3O3/c1-3-5-6-10-9(12(13)17)7-14-15(10)8-11(16)18-4-2/h7H,3-6,8H2,1-2H3,(H2,13,17). The number of aromatic nitrogens is 2. The first-order chi connectivity index (χ1) is 8.60. The molecular formula is C12H19N3O3. The summed E-state index contributed by atoms with van der Waals surface area (Å²) in [6.07, 6.45) is 3.98. The molecule has 0 spiro atoms. The SMILES string of the molecule is CCCCc1c(C(N)=O)cnn1CC(=O)OCC. The molecule has 0 aromatic carbocycles. The Morgan fingerprint density at radius 2 is 2.17 bits per heavy atom. The molecule has 0 bridgehead atoms. The summed E-state index contributed by atoms with van der Waals surface area (Å²) < 4.78 is 6.35. The maximum atomic E-state index is 11.4. The predicted molar refractivity (Wildman–Crippen MR) is 66.0 cm³/mol. The lowest BCUT2D eigenvalue weighted by atomic mass is 10.1. The van der Waals surface area contributed by atoms with Crippen molar-refractivity contribution < 1.29 is 14.3 Å². The van der Waals surface area contributed by atoms with Crippen LogP contribution in [0.1, 0.15) is 42.7 Å². The number of primary amides is 1. The molecule has 1 heterocycles. The number of carbonyl (C=O) groups is 2. The van der Waals surface area contributed by atoms with Crippen LogP contribution >= 0.6 is 0 Å². The largest absolute Gasteiger partial charge is 0.465 e. The fraction of sp³-hybridized carbons (Fsp3) is 0.583. The number of ether oxygens (including phenoxy) is 1. The fourth-order valence-electron chi connectivity index (χ4n) is 1.69. The summed E-state index contributed by atoms with van der Waals surface area (Å²) in [5.41, 5.74) is 6.37. The minimum atomic E-state index is -0.517. The smallest absolute Gasteiger partial charge is 0.327 e. The highest BCUT2D eigenvalue weighted by molar-refractivity contribution is 5.93. The average Bonchev–Trinajstić information content (AvgIpc) is 2.69. The zero-order chi connectivity index (χ0) is 13.5. The Morgan fingerprint density at radius 1 is 1.44 bits per heavy atom. The molecule has 0 aliphatic heterocycles. The van der Waals surface area contributed by atoms with Gasteiger partial charge in [-0.1, -0.05) is 13.3 Å². The first kappa shape index (κ1) is 14.2. The van der Waals surface area contributed by atoms with Crippen molar-refractivity contribution in [2.45, 2.75) is 39.7 Å². The van der Waals surface area contributed by atoms with Gasteiger partial charge in [0, 0.05) is 0 Å². The van der Waals surface area contributed by atoms with Gasteiger partial charge in [-0.15, -0.1) is 0 Å². The Kier molecular flexibility index (Phi) is 5.35. The maximum Gasteiger partial charge on any atom is 0.327 e.